The highest BCUT2D eigenvalue weighted by molar-refractivity contribution is 6.20. The monoisotopic (exact) mass is 671 g/mol. The van der Waals surface area contributed by atoms with Crippen LogP contribution in [0.5, 0.6) is 0 Å². The van der Waals surface area contributed by atoms with E-state index in [0.717, 1.165) is 49.5 Å². The average molecular weight is 672 g/mol. The molecule has 4 heterocycles. The first-order valence-corrected chi connectivity index (χ1v) is 17.0. The van der Waals surface area contributed by atoms with Crippen molar-refractivity contribution >= 4 is 44.8 Å². The molecule has 0 spiro atoms. The molecule has 0 N–H and O–H groups in total. The van der Waals surface area contributed by atoms with Crippen LogP contribution in [0.15, 0.2) is 177 Å². The number of fused-ring (bicyclic) bond motifs is 5. The summed E-state index contributed by atoms with van der Waals surface area (Å²) in [5, 5.41) is 7.70. The lowest BCUT2D eigenvalue weighted by molar-refractivity contribution is 0.524. The minimum Gasteiger partial charge on any atom is -0.438 e. The summed E-state index contributed by atoms with van der Waals surface area (Å²) in [6.07, 6.45) is -0.510. The van der Waals surface area contributed by atoms with Gasteiger partial charge in [0.1, 0.15) is 11.2 Å². The SMILES string of the molecule is c1ccc(C2=NC(c3ccc4oc5oc6ccc(-c7nc(-c8ccccc8)nc(-c8ccccc8)n7)cc6c5c4c3)[N-]C(c3ccccc3)=N2)cc1. The van der Waals surface area contributed by atoms with Crippen molar-refractivity contribution in [2.24, 2.45) is 9.98 Å². The van der Waals surface area contributed by atoms with Crippen LogP contribution in [0.2, 0.25) is 0 Å². The highest BCUT2D eigenvalue weighted by Gasteiger charge is 2.21. The number of hydrogen-bond acceptors (Lipinski definition) is 7. The van der Waals surface area contributed by atoms with Crippen LogP contribution in [0.4, 0.5) is 0 Å². The number of nitrogens with zero attached hydrogens (tertiary/aromatic N) is 6. The van der Waals surface area contributed by atoms with Gasteiger partial charge >= 0.3 is 0 Å². The second kappa shape index (κ2) is 12.3. The van der Waals surface area contributed by atoms with Gasteiger partial charge in [-0.15, -0.1) is 0 Å². The Morgan fingerprint density at radius 3 is 1.56 bits per heavy atom. The lowest BCUT2D eigenvalue weighted by Crippen LogP contribution is -2.15. The van der Waals surface area contributed by atoms with Crippen LogP contribution < -0.4 is 0 Å². The molecular formula is C44H27N6O2-. The first-order valence-electron chi connectivity index (χ1n) is 17.0. The molecule has 1 aliphatic heterocycles. The minimum atomic E-state index is -0.510. The number of aliphatic imine (C=N–C) groups is 2. The number of furan rings is 2. The second-order valence-electron chi connectivity index (χ2n) is 12.5. The van der Waals surface area contributed by atoms with E-state index in [1.807, 2.05) is 146 Å². The lowest BCUT2D eigenvalue weighted by atomic mass is 10.0. The number of hydrogen-bond donors (Lipinski definition) is 0. The van der Waals surface area contributed by atoms with Crippen LogP contribution in [0.1, 0.15) is 22.9 Å². The van der Waals surface area contributed by atoms with E-state index in [9.17, 15) is 0 Å². The topological polar surface area (TPSA) is 104 Å². The summed E-state index contributed by atoms with van der Waals surface area (Å²) >= 11 is 0. The van der Waals surface area contributed by atoms with Crippen LogP contribution in [0, 0.1) is 0 Å². The van der Waals surface area contributed by atoms with Gasteiger partial charge in [0.15, 0.2) is 17.5 Å². The average Bonchev–Trinajstić information content (AvgIpc) is 3.77. The van der Waals surface area contributed by atoms with Crippen molar-refractivity contribution in [1.29, 1.82) is 0 Å². The van der Waals surface area contributed by atoms with Crippen LogP contribution in [0.25, 0.3) is 72.6 Å². The van der Waals surface area contributed by atoms with E-state index >= 15 is 0 Å². The number of aromatic nitrogens is 3. The molecule has 10 rings (SSSR count). The molecule has 0 bridgehead atoms. The maximum atomic E-state index is 6.26. The van der Waals surface area contributed by atoms with Crippen molar-refractivity contribution in [3.8, 4) is 34.2 Å². The lowest BCUT2D eigenvalue weighted by Gasteiger charge is -2.32. The standard InChI is InChI=1S/C44H27N6O2/c1-5-13-27(14-6-1)38-45-39(28-15-7-2-8-16-28)48-42(47-38)31-21-23-35-33(25-31)37-34-26-32(22-24-36(34)52-44(37)51-35)43-49-40(29-17-9-3-10-18-29)46-41(50-43)30-19-11-4-12-20-30/h1-26,42H/q-1. The molecular weight excluding hydrogens is 645 g/mol. The smallest absolute Gasteiger partial charge is 0.299 e. The Morgan fingerprint density at radius 1 is 0.462 bits per heavy atom. The zero-order valence-corrected chi connectivity index (χ0v) is 27.6. The van der Waals surface area contributed by atoms with Gasteiger partial charge in [-0.1, -0.05) is 133 Å². The number of amidine groups is 2. The molecule has 0 aliphatic carbocycles. The largest absolute Gasteiger partial charge is 0.438 e. The molecule has 0 amide bonds. The first kappa shape index (κ1) is 29.7. The predicted octanol–water partition coefficient (Wildman–Crippen LogP) is 10.8. The molecule has 1 aliphatic rings. The summed E-state index contributed by atoms with van der Waals surface area (Å²) in [7, 11) is 0. The van der Waals surface area contributed by atoms with Crippen molar-refractivity contribution in [3.63, 3.8) is 0 Å². The van der Waals surface area contributed by atoms with E-state index in [1.165, 1.54) is 0 Å². The van der Waals surface area contributed by atoms with Crippen LogP contribution in [-0.2, 0) is 0 Å². The fourth-order valence-electron chi connectivity index (χ4n) is 6.59. The maximum absolute atomic E-state index is 6.26. The summed E-state index contributed by atoms with van der Waals surface area (Å²) in [5.74, 6) is 3.49. The van der Waals surface area contributed by atoms with Crippen molar-refractivity contribution in [2.45, 2.75) is 6.17 Å². The Morgan fingerprint density at radius 2 is 0.962 bits per heavy atom. The molecule has 52 heavy (non-hydrogen) atoms. The quantitative estimate of drug-likeness (QED) is 0.175. The van der Waals surface area contributed by atoms with Crippen molar-refractivity contribution < 1.29 is 8.83 Å². The fourth-order valence-corrected chi connectivity index (χ4v) is 6.59. The Bertz CT molecular complexity index is 2750. The summed E-state index contributed by atoms with van der Waals surface area (Å²) in [4.78, 5) is 24.6. The van der Waals surface area contributed by atoms with E-state index in [4.69, 9.17) is 39.1 Å². The molecule has 3 aromatic heterocycles. The van der Waals surface area contributed by atoms with Gasteiger partial charge < -0.3 is 19.1 Å². The van der Waals surface area contributed by atoms with E-state index in [-0.39, 0.29) is 0 Å². The Kier molecular flexibility index (Phi) is 7.02. The highest BCUT2D eigenvalue weighted by atomic mass is 16.5. The van der Waals surface area contributed by atoms with Gasteiger partial charge in [-0.2, -0.15) is 0 Å². The number of rotatable bonds is 6. The zero-order chi connectivity index (χ0) is 34.4. The van der Waals surface area contributed by atoms with Gasteiger partial charge in [0.25, 0.3) is 5.78 Å². The summed E-state index contributed by atoms with van der Waals surface area (Å²) in [6, 6.07) is 52.0. The fraction of sp³-hybridized carbons (Fsp3) is 0.0227. The highest BCUT2D eigenvalue weighted by Crippen LogP contribution is 2.41. The van der Waals surface area contributed by atoms with Gasteiger partial charge in [-0.25, -0.2) is 15.0 Å². The van der Waals surface area contributed by atoms with E-state index in [2.05, 4.69) is 12.1 Å². The third kappa shape index (κ3) is 5.30. The Labute approximate surface area is 297 Å². The normalized spacial score (nSPS) is 14.3. The van der Waals surface area contributed by atoms with E-state index in [1.54, 1.807) is 0 Å². The summed E-state index contributed by atoms with van der Waals surface area (Å²) in [6.45, 7) is 0. The number of benzene rings is 6. The molecule has 246 valence electrons. The Balaban J connectivity index is 1.10. The van der Waals surface area contributed by atoms with E-state index in [0.29, 0.717) is 46.1 Å². The molecule has 0 saturated carbocycles. The van der Waals surface area contributed by atoms with Gasteiger partial charge in [0, 0.05) is 27.5 Å². The van der Waals surface area contributed by atoms with Crippen LogP contribution >= 0.6 is 0 Å². The van der Waals surface area contributed by atoms with Gasteiger partial charge in [0.2, 0.25) is 0 Å². The van der Waals surface area contributed by atoms with Gasteiger partial charge in [-0.05, 0) is 47.0 Å². The predicted molar refractivity (Wildman–Crippen MR) is 205 cm³/mol. The third-order valence-corrected chi connectivity index (χ3v) is 9.15. The third-order valence-electron chi connectivity index (χ3n) is 9.15. The van der Waals surface area contributed by atoms with Gasteiger partial charge in [-0.3, -0.25) is 4.99 Å². The van der Waals surface area contributed by atoms with Gasteiger partial charge in [0.05, 0.1) is 17.4 Å². The van der Waals surface area contributed by atoms with Crippen LogP contribution in [-0.4, -0.2) is 26.6 Å². The Hall–Kier alpha value is -7.19. The van der Waals surface area contributed by atoms with Crippen molar-refractivity contribution in [1.82, 2.24) is 15.0 Å². The molecule has 8 nitrogen and oxygen atoms in total. The second-order valence-corrected chi connectivity index (χ2v) is 12.5. The van der Waals surface area contributed by atoms with Crippen molar-refractivity contribution in [2.75, 3.05) is 0 Å². The molecule has 1 atom stereocenters. The summed E-state index contributed by atoms with van der Waals surface area (Å²) < 4.78 is 12.5. The molecule has 0 fully saturated rings. The van der Waals surface area contributed by atoms with Crippen LogP contribution in [0.3, 0.4) is 0 Å². The molecule has 0 saturated heterocycles. The van der Waals surface area contributed by atoms with E-state index < -0.39 is 6.17 Å². The molecule has 9 aromatic rings. The zero-order valence-electron chi connectivity index (χ0n) is 27.6. The maximum Gasteiger partial charge on any atom is 0.299 e. The van der Waals surface area contributed by atoms with Crippen molar-refractivity contribution in [3.05, 3.63) is 180 Å². The summed E-state index contributed by atoms with van der Waals surface area (Å²) in [5.41, 5.74) is 6.85. The molecule has 8 heteroatoms. The molecule has 6 aromatic carbocycles. The first-order chi connectivity index (χ1) is 25.7. The molecule has 0 radical (unpaired) electrons. The molecule has 1 unspecified atom stereocenters. The minimum absolute atomic E-state index is 0.450.